The number of hydrogen-bond acceptors (Lipinski definition) is 2. The average Bonchev–Trinajstić information content (AvgIpc) is 2.45. The van der Waals surface area contributed by atoms with Gasteiger partial charge in [0.05, 0.1) is 0 Å². The fraction of sp³-hybridized carbons (Fsp3) is 1.00. The van der Waals surface area contributed by atoms with Gasteiger partial charge in [-0.2, -0.15) is 0 Å². The zero-order chi connectivity index (χ0) is 19.1. The smallest absolute Gasteiger partial charge is 0.101 e. The monoisotopic (exact) mass is 342 g/mol. The van der Waals surface area contributed by atoms with Crippen molar-refractivity contribution >= 4 is 0 Å². The van der Waals surface area contributed by atoms with Gasteiger partial charge < -0.3 is 0 Å². The first-order valence-electron chi connectivity index (χ1n) is 10.2. The van der Waals surface area contributed by atoms with Crippen LogP contribution < -0.4 is 0 Å². The Bertz CT molecular complexity index is 314. The van der Waals surface area contributed by atoms with Gasteiger partial charge in [-0.15, -0.1) is 0 Å². The molecular weight excluding hydrogens is 296 g/mol. The summed E-state index contributed by atoms with van der Waals surface area (Å²) in [6.07, 6.45) is 8.68. The predicted molar refractivity (Wildman–Crippen MR) is 106 cm³/mol. The highest BCUT2D eigenvalue weighted by atomic mass is 17.2. The zero-order valence-electron chi connectivity index (χ0n) is 18.5. The van der Waals surface area contributed by atoms with E-state index in [2.05, 4.69) is 69.2 Å². The van der Waals surface area contributed by atoms with Crippen molar-refractivity contribution in [2.75, 3.05) is 0 Å². The summed E-state index contributed by atoms with van der Waals surface area (Å²) in [7, 11) is 0. The van der Waals surface area contributed by atoms with Gasteiger partial charge >= 0.3 is 0 Å². The second-order valence-corrected chi connectivity index (χ2v) is 9.96. The molecule has 2 heteroatoms. The van der Waals surface area contributed by atoms with Crippen LogP contribution >= 0.6 is 0 Å². The first-order chi connectivity index (χ1) is 10.9. The molecule has 0 radical (unpaired) electrons. The van der Waals surface area contributed by atoms with Gasteiger partial charge in [0.2, 0.25) is 0 Å². The Morgan fingerprint density at radius 2 is 0.833 bits per heavy atom. The van der Waals surface area contributed by atoms with Crippen molar-refractivity contribution < 1.29 is 9.78 Å². The topological polar surface area (TPSA) is 18.5 Å². The van der Waals surface area contributed by atoms with Crippen LogP contribution in [0.5, 0.6) is 0 Å². The van der Waals surface area contributed by atoms with E-state index < -0.39 is 0 Å². The van der Waals surface area contributed by atoms with Gasteiger partial charge in [0.1, 0.15) is 11.2 Å². The van der Waals surface area contributed by atoms with Crippen LogP contribution in [-0.4, -0.2) is 11.2 Å². The van der Waals surface area contributed by atoms with E-state index >= 15 is 0 Å². The van der Waals surface area contributed by atoms with Crippen molar-refractivity contribution in [3.05, 3.63) is 0 Å². The minimum absolute atomic E-state index is 0.209. The third-order valence-electron chi connectivity index (χ3n) is 5.62. The van der Waals surface area contributed by atoms with Gasteiger partial charge in [-0.05, 0) is 50.4 Å². The molecule has 0 spiro atoms. The fourth-order valence-corrected chi connectivity index (χ4v) is 3.85. The molecule has 24 heavy (non-hydrogen) atoms. The van der Waals surface area contributed by atoms with Crippen LogP contribution in [0, 0.1) is 10.8 Å². The molecule has 0 rings (SSSR count). The lowest BCUT2D eigenvalue weighted by Crippen LogP contribution is -2.41. The SMILES string of the molecule is CCCC(C)(CC(C)(C)CC)OOC(C)(CCC)CC(C)(C)CC. The molecule has 0 aliphatic carbocycles. The second-order valence-electron chi connectivity index (χ2n) is 9.96. The Balaban J connectivity index is 5.11. The van der Waals surface area contributed by atoms with Crippen molar-refractivity contribution in [2.24, 2.45) is 10.8 Å². The van der Waals surface area contributed by atoms with Crippen LogP contribution in [0.15, 0.2) is 0 Å². The van der Waals surface area contributed by atoms with Gasteiger partial charge in [-0.3, -0.25) is 0 Å². The van der Waals surface area contributed by atoms with Crippen molar-refractivity contribution in [1.82, 2.24) is 0 Å². The minimum Gasteiger partial charge on any atom is -0.230 e. The van der Waals surface area contributed by atoms with Crippen LogP contribution in [0.25, 0.3) is 0 Å². The highest BCUT2D eigenvalue weighted by Gasteiger charge is 2.38. The van der Waals surface area contributed by atoms with Crippen LogP contribution in [0.3, 0.4) is 0 Å². The Hall–Kier alpha value is -0.0800. The van der Waals surface area contributed by atoms with Crippen molar-refractivity contribution in [1.29, 1.82) is 0 Å². The first kappa shape index (κ1) is 23.9. The maximum atomic E-state index is 6.22. The van der Waals surface area contributed by atoms with E-state index in [1.54, 1.807) is 0 Å². The molecule has 2 nitrogen and oxygen atoms in total. The lowest BCUT2D eigenvalue weighted by atomic mass is 9.77. The molecule has 0 aromatic carbocycles. The van der Waals surface area contributed by atoms with Crippen molar-refractivity contribution in [3.8, 4) is 0 Å². The summed E-state index contributed by atoms with van der Waals surface area (Å²) in [4.78, 5) is 12.4. The third-order valence-corrected chi connectivity index (χ3v) is 5.62. The summed E-state index contributed by atoms with van der Waals surface area (Å²) < 4.78 is 0. The lowest BCUT2D eigenvalue weighted by Gasteiger charge is -2.41. The molecule has 0 N–H and O–H groups in total. The molecule has 0 saturated carbocycles. The van der Waals surface area contributed by atoms with Crippen LogP contribution in [0.4, 0.5) is 0 Å². The molecule has 2 unspecified atom stereocenters. The summed E-state index contributed by atoms with van der Waals surface area (Å²) in [5.41, 5.74) is 0.132. The minimum atomic E-state index is -0.209. The highest BCUT2D eigenvalue weighted by molar-refractivity contribution is 4.84. The van der Waals surface area contributed by atoms with E-state index in [1.165, 1.54) is 0 Å². The molecule has 2 atom stereocenters. The van der Waals surface area contributed by atoms with Crippen molar-refractivity contribution in [2.45, 2.75) is 132 Å². The van der Waals surface area contributed by atoms with E-state index in [9.17, 15) is 0 Å². The number of rotatable bonds is 13. The van der Waals surface area contributed by atoms with Gasteiger partial charge in [-0.1, -0.05) is 81.1 Å². The third kappa shape index (κ3) is 8.85. The van der Waals surface area contributed by atoms with E-state index in [0.29, 0.717) is 0 Å². The molecule has 0 aromatic heterocycles. The lowest BCUT2D eigenvalue weighted by molar-refractivity contribution is -0.417. The second kappa shape index (κ2) is 9.57. The summed E-state index contributed by atoms with van der Waals surface area (Å²) in [6.45, 7) is 22.8. The number of hydrogen-bond donors (Lipinski definition) is 0. The van der Waals surface area contributed by atoms with Gasteiger partial charge in [-0.25, -0.2) is 9.78 Å². The molecule has 0 aliphatic rings. The average molecular weight is 343 g/mol. The van der Waals surface area contributed by atoms with Crippen LogP contribution in [-0.2, 0) is 9.78 Å². The molecule has 0 fully saturated rings. The van der Waals surface area contributed by atoms with Gasteiger partial charge in [0.25, 0.3) is 0 Å². The Labute approximate surface area is 153 Å². The van der Waals surface area contributed by atoms with Gasteiger partial charge in [0, 0.05) is 0 Å². The Morgan fingerprint density at radius 3 is 1.04 bits per heavy atom. The molecule has 0 saturated heterocycles. The maximum absolute atomic E-state index is 6.22. The molecule has 0 heterocycles. The summed E-state index contributed by atoms with van der Waals surface area (Å²) in [5.74, 6) is 0. The van der Waals surface area contributed by atoms with Gasteiger partial charge in [0.15, 0.2) is 0 Å². The normalized spacial score (nSPS) is 18.2. The summed E-state index contributed by atoms with van der Waals surface area (Å²) in [5, 5.41) is 0. The van der Waals surface area contributed by atoms with Crippen molar-refractivity contribution in [3.63, 3.8) is 0 Å². The quantitative estimate of drug-likeness (QED) is 0.252. The predicted octanol–water partition coefficient (Wildman–Crippen LogP) is 7.70. The molecule has 0 bridgehead atoms. The fourth-order valence-electron chi connectivity index (χ4n) is 3.85. The van der Waals surface area contributed by atoms with E-state index in [-0.39, 0.29) is 22.0 Å². The van der Waals surface area contributed by atoms with E-state index in [1.807, 2.05) is 0 Å². The molecule has 0 aromatic rings. The van der Waals surface area contributed by atoms with E-state index in [4.69, 9.17) is 9.78 Å². The largest absolute Gasteiger partial charge is 0.230 e. The summed E-state index contributed by atoms with van der Waals surface area (Å²) >= 11 is 0. The first-order valence-corrected chi connectivity index (χ1v) is 10.2. The molecule has 0 aliphatic heterocycles. The molecular formula is C22H46O2. The Kier molecular flexibility index (Phi) is 9.54. The highest BCUT2D eigenvalue weighted by Crippen LogP contribution is 2.40. The summed E-state index contributed by atoms with van der Waals surface area (Å²) in [6, 6.07) is 0. The standard InChI is InChI=1S/C22H46O2/c1-11-15-21(9,17-19(5,6)13-3)23-24-22(10,16-12-2)18-20(7,8)14-4/h11-18H2,1-10H3. The Morgan fingerprint density at radius 1 is 0.542 bits per heavy atom. The molecule has 0 amide bonds. The zero-order valence-corrected chi connectivity index (χ0v) is 18.5. The molecule has 146 valence electrons. The van der Waals surface area contributed by atoms with Crippen LogP contribution in [0.1, 0.15) is 121 Å². The maximum Gasteiger partial charge on any atom is 0.101 e. The van der Waals surface area contributed by atoms with E-state index in [0.717, 1.165) is 51.4 Å². The van der Waals surface area contributed by atoms with Crippen LogP contribution in [0.2, 0.25) is 0 Å².